The second kappa shape index (κ2) is 14.5. The first-order chi connectivity index (χ1) is 31.5. The van der Waals surface area contributed by atoms with Gasteiger partial charge in [-0.05, 0) is 91.6 Å². The normalized spacial score (nSPS) is 13.3. The summed E-state index contributed by atoms with van der Waals surface area (Å²) in [5.41, 5.74) is 17.2. The van der Waals surface area contributed by atoms with Crippen molar-refractivity contribution in [3.05, 3.63) is 199 Å². The number of aromatic nitrogens is 2. The molecule has 1 aromatic heterocycles. The number of para-hydroxylation sites is 1. The second-order valence-electron chi connectivity index (χ2n) is 19.9. The van der Waals surface area contributed by atoms with E-state index in [0.717, 1.165) is 50.5 Å². The van der Waals surface area contributed by atoms with Crippen LogP contribution in [-0.4, -0.2) is 16.7 Å². The van der Waals surface area contributed by atoms with Gasteiger partial charge in [-0.25, -0.2) is 9.97 Å². The number of benzene rings is 9. The van der Waals surface area contributed by atoms with E-state index in [9.17, 15) is 0 Å². The van der Waals surface area contributed by atoms with Crippen LogP contribution in [0, 0.1) is 0 Å². The number of rotatable bonds is 4. The molecule has 0 unspecified atom stereocenters. The SMILES string of the molecule is CC(C)(C)c1ccc(N2c3cc(-c4nc(-c5ccccc5)c5ccccc5n4)cc4c3B(c3ccc5ccccc5c32)c2ccc3ccccc3c2N4c2ccc(C(C)(C)C)cc2)cc1. The van der Waals surface area contributed by atoms with Crippen molar-refractivity contribution in [2.75, 3.05) is 9.80 Å². The van der Waals surface area contributed by atoms with Gasteiger partial charge in [-0.15, -0.1) is 0 Å². The summed E-state index contributed by atoms with van der Waals surface area (Å²) in [5.74, 6) is 0.691. The summed E-state index contributed by atoms with van der Waals surface area (Å²) in [7, 11) is 0. The summed E-state index contributed by atoms with van der Waals surface area (Å²) in [6, 6.07) is 69.4. The van der Waals surface area contributed by atoms with E-state index in [1.165, 1.54) is 60.4 Å². The molecule has 4 nitrogen and oxygen atoms in total. The summed E-state index contributed by atoms with van der Waals surface area (Å²) in [6.45, 7) is 13.7. The molecule has 2 aliphatic heterocycles. The minimum Gasteiger partial charge on any atom is -0.311 e. The van der Waals surface area contributed by atoms with Crippen molar-refractivity contribution in [3.63, 3.8) is 0 Å². The maximum absolute atomic E-state index is 5.52. The Morgan fingerprint density at radius 2 is 0.877 bits per heavy atom. The first-order valence-electron chi connectivity index (χ1n) is 22.9. The highest BCUT2D eigenvalue weighted by Crippen LogP contribution is 2.49. The first kappa shape index (κ1) is 39.1. The standard InChI is InChI=1S/C60H49BN4/c1-59(2,3)42-26-30-44(31-27-42)64-52-36-41(58-62-51-23-15-14-22-48(51)55(63-58)40-18-8-7-9-19-40)37-53-54(52)61(49-34-24-38-16-10-12-20-46(38)56(49)64)50-35-25-39-17-11-13-21-47(39)57(50)65(53)45-32-28-43(29-33-45)60(4,5)6/h7-37H,1-6H3. The van der Waals surface area contributed by atoms with Crippen LogP contribution in [0.3, 0.4) is 0 Å². The summed E-state index contributed by atoms with van der Waals surface area (Å²) in [5, 5.41) is 5.89. The first-order valence-corrected chi connectivity index (χ1v) is 22.9. The molecule has 0 saturated carbocycles. The Labute approximate surface area is 382 Å². The molecule has 0 N–H and O–H groups in total. The zero-order valence-electron chi connectivity index (χ0n) is 37.8. The van der Waals surface area contributed by atoms with Gasteiger partial charge in [-0.3, -0.25) is 0 Å². The number of nitrogens with zero attached hydrogens (tertiary/aromatic N) is 4. The summed E-state index contributed by atoms with van der Waals surface area (Å²) < 4.78 is 0. The van der Waals surface area contributed by atoms with Crippen LogP contribution in [0.2, 0.25) is 0 Å². The second-order valence-corrected chi connectivity index (χ2v) is 19.9. The average molecular weight is 837 g/mol. The van der Waals surface area contributed by atoms with E-state index < -0.39 is 0 Å². The lowest BCUT2D eigenvalue weighted by molar-refractivity contribution is 0.590. The lowest BCUT2D eigenvalue weighted by Crippen LogP contribution is -2.61. The zero-order valence-corrected chi connectivity index (χ0v) is 37.8. The maximum atomic E-state index is 5.52. The largest absolute Gasteiger partial charge is 0.311 e. The maximum Gasteiger partial charge on any atom is 0.252 e. The molecule has 10 aromatic rings. The van der Waals surface area contributed by atoms with E-state index in [-0.39, 0.29) is 17.5 Å². The van der Waals surface area contributed by atoms with Crippen molar-refractivity contribution in [2.24, 2.45) is 0 Å². The molecule has 0 bridgehead atoms. The molecule has 0 fully saturated rings. The predicted octanol–water partition coefficient (Wildman–Crippen LogP) is 13.9. The number of hydrogen-bond donors (Lipinski definition) is 0. The molecule has 0 atom stereocenters. The van der Waals surface area contributed by atoms with Gasteiger partial charge >= 0.3 is 0 Å². The lowest BCUT2D eigenvalue weighted by Gasteiger charge is -2.45. The highest BCUT2D eigenvalue weighted by molar-refractivity contribution is 7.00. The van der Waals surface area contributed by atoms with Crippen molar-refractivity contribution in [1.29, 1.82) is 0 Å². The Bertz CT molecular complexity index is 3340. The summed E-state index contributed by atoms with van der Waals surface area (Å²) in [4.78, 5) is 16.0. The molecule has 5 heteroatoms. The molecule has 0 saturated heterocycles. The molecule has 12 rings (SSSR count). The van der Waals surface area contributed by atoms with Gasteiger partial charge in [0.2, 0.25) is 0 Å². The Balaban J connectivity index is 1.23. The van der Waals surface area contributed by atoms with E-state index in [0.29, 0.717) is 5.82 Å². The van der Waals surface area contributed by atoms with Crippen LogP contribution in [0.15, 0.2) is 188 Å². The minimum absolute atomic E-state index is 0.00855. The van der Waals surface area contributed by atoms with Crippen LogP contribution >= 0.6 is 0 Å². The molecule has 9 aromatic carbocycles. The van der Waals surface area contributed by atoms with Crippen LogP contribution in [0.5, 0.6) is 0 Å². The Kier molecular flexibility index (Phi) is 8.74. The van der Waals surface area contributed by atoms with E-state index in [4.69, 9.17) is 9.97 Å². The lowest BCUT2D eigenvalue weighted by atomic mass is 9.33. The predicted molar refractivity (Wildman–Crippen MR) is 277 cm³/mol. The third-order valence-corrected chi connectivity index (χ3v) is 13.7. The van der Waals surface area contributed by atoms with Gasteiger partial charge in [-0.1, -0.05) is 187 Å². The van der Waals surface area contributed by atoms with Crippen molar-refractivity contribution in [1.82, 2.24) is 9.97 Å². The average Bonchev–Trinajstić information content (AvgIpc) is 3.33. The van der Waals surface area contributed by atoms with E-state index in [1.54, 1.807) is 0 Å². The van der Waals surface area contributed by atoms with E-state index in [1.807, 2.05) is 0 Å². The van der Waals surface area contributed by atoms with Gasteiger partial charge in [0.15, 0.2) is 5.82 Å². The van der Waals surface area contributed by atoms with Crippen molar-refractivity contribution in [2.45, 2.75) is 52.4 Å². The molecule has 65 heavy (non-hydrogen) atoms. The Hall–Kier alpha value is -7.50. The Morgan fingerprint density at radius 3 is 1.38 bits per heavy atom. The molecule has 312 valence electrons. The van der Waals surface area contributed by atoms with Gasteiger partial charge in [0.1, 0.15) is 0 Å². The fraction of sp³-hybridized carbons (Fsp3) is 0.133. The third kappa shape index (κ3) is 6.28. The molecular weight excluding hydrogens is 787 g/mol. The van der Waals surface area contributed by atoms with Gasteiger partial charge < -0.3 is 9.80 Å². The summed E-state index contributed by atoms with van der Waals surface area (Å²) in [6.07, 6.45) is 0. The highest BCUT2D eigenvalue weighted by atomic mass is 15.2. The molecule has 2 aliphatic rings. The number of fused-ring (bicyclic) bond motifs is 9. The van der Waals surface area contributed by atoms with Gasteiger partial charge in [0.05, 0.1) is 11.2 Å². The van der Waals surface area contributed by atoms with Crippen molar-refractivity contribution in [3.8, 4) is 22.6 Å². The smallest absolute Gasteiger partial charge is 0.252 e. The fourth-order valence-electron chi connectivity index (χ4n) is 10.4. The zero-order chi connectivity index (χ0) is 44.2. The van der Waals surface area contributed by atoms with Crippen LogP contribution in [0.1, 0.15) is 52.7 Å². The van der Waals surface area contributed by atoms with Crippen LogP contribution in [0.25, 0.3) is 55.1 Å². The highest BCUT2D eigenvalue weighted by Gasteiger charge is 2.45. The Morgan fingerprint density at radius 1 is 0.415 bits per heavy atom. The number of hydrogen-bond acceptors (Lipinski definition) is 4. The van der Waals surface area contributed by atoms with E-state index >= 15 is 0 Å². The molecular formula is C60H49BN4. The molecule has 0 aliphatic carbocycles. The van der Waals surface area contributed by atoms with Crippen molar-refractivity contribution >= 4 is 89.7 Å². The van der Waals surface area contributed by atoms with Crippen LogP contribution < -0.4 is 26.2 Å². The van der Waals surface area contributed by atoms with Gasteiger partial charge in [-0.2, -0.15) is 0 Å². The van der Waals surface area contributed by atoms with Gasteiger partial charge in [0.25, 0.3) is 6.71 Å². The minimum atomic E-state index is -0.0548. The van der Waals surface area contributed by atoms with Crippen molar-refractivity contribution < 1.29 is 0 Å². The molecule has 3 heterocycles. The number of anilines is 6. The topological polar surface area (TPSA) is 32.3 Å². The van der Waals surface area contributed by atoms with Crippen LogP contribution in [0.4, 0.5) is 34.1 Å². The van der Waals surface area contributed by atoms with Gasteiger partial charge in [0, 0.05) is 61.4 Å². The van der Waals surface area contributed by atoms with Crippen LogP contribution in [-0.2, 0) is 10.8 Å². The fourth-order valence-corrected chi connectivity index (χ4v) is 10.4. The monoisotopic (exact) mass is 836 g/mol. The molecule has 0 radical (unpaired) electrons. The molecule has 0 amide bonds. The quantitative estimate of drug-likeness (QED) is 0.165. The molecule has 0 spiro atoms. The third-order valence-electron chi connectivity index (χ3n) is 13.7. The van der Waals surface area contributed by atoms with E-state index in [2.05, 4.69) is 239 Å². The summed E-state index contributed by atoms with van der Waals surface area (Å²) >= 11 is 0.